The van der Waals surface area contributed by atoms with E-state index in [-0.39, 0.29) is 11.7 Å². The molecule has 0 radical (unpaired) electrons. The van der Waals surface area contributed by atoms with Gasteiger partial charge in [-0.2, -0.15) is 10.1 Å². The second-order valence-electron chi connectivity index (χ2n) is 11.6. The fourth-order valence-electron chi connectivity index (χ4n) is 5.84. The van der Waals surface area contributed by atoms with Crippen molar-refractivity contribution >= 4 is 28.9 Å². The fraction of sp³-hybridized carbons (Fsp3) is 0.184. The van der Waals surface area contributed by atoms with E-state index in [0.717, 1.165) is 65.6 Å². The first-order valence-electron chi connectivity index (χ1n) is 15.5. The van der Waals surface area contributed by atoms with Gasteiger partial charge in [-0.3, -0.25) is 4.79 Å². The van der Waals surface area contributed by atoms with Crippen LogP contribution in [-0.4, -0.2) is 38.8 Å². The van der Waals surface area contributed by atoms with Gasteiger partial charge in [-0.05, 0) is 103 Å². The summed E-state index contributed by atoms with van der Waals surface area (Å²) < 4.78 is 21.0. The largest absolute Gasteiger partial charge is 0.489 e. The molecule has 230 valence electrons. The molecule has 5 aromatic rings. The van der Waals surface area contributed by atoms with E-state index >= 15 is 0 Å². The van der Waals surface area contributed by atoms with Gasteiger partial charge in [0.15, 0.2) is 5.17 Å². The van der Waals surface area contributed by atoms with Crippen molar-refractivity contribution in [2.24, 2.45) is 10.9 Å². The van der Waals surface area contributed by atoms with Gasteiger partial charge in [0, 0.05) is 30.4 Å². The van der Waals surface area contributed by atoms with Gasteiger partial charge >= 0.3 is 0 Å². The molecule has 0 saturated carbocycles. The van der Waals surface area contributed by atoms with Gasteiger partial charge in [-0.15, -0.1) is 0 Å². The molecule has 1 fully saturated rings. The first-order valence-corrected chi connectivity index (χ1v) is 16.3. The van der Waals surface area contributed by atoms with Crippen LogP contribution in [0.25, 0.3) is 23.0 Å². The Morgan fingerprint density at radius 3 is 2.26 bits per heavy atom. The van der Waals surface area contributed by atoms with Crippen molar-refractivity contribution in [1.82, 2.24) is 14.7 Å². The van der Waals surface area contributed by atoms with Gasteiger partial charge in [0.2, 0.25) is 0 Å². The van der Waals surface area contributed by atoms with E-state index in [1.54, 1.807) is 12.1 Å². The highest BCUT2D eigenvalue weighted by molar-refractivity contribution is 8.18. The summed E-state index contributed by atoms with van der Waals surface area (Å²) in [5.41, 5.74) is 5.68. The number of carbonyl (C=O) groups excluding carboxylic acids is 1. The lowest BCUT2D eigenvalue weighted by Crippen LogP contribution is -2.37. The van der Waals surface area contributed by atoms with Gasteiger partial charge in [0.1, 0.15) is 18.2 Å². The average Bonchev–Trinajstić information content (AvgIpc) is 3.69. The number of benzene rings is 4. The summed E-state index contributed by atoms with van der Waals surface area (Å²) in [5.74, 6) is 0.855. The monoisotopic (exact) mass is 628 g/mol. The zero-order chi connectivity index (χ0) is 31.3. The van der Waals surface area contributed by atoms with Crippen LogP contribution in [0.4, 0.5) is 4.39 Å². The summed E-state index contributed by atoms with van der Waals surface area (Å²) >= 11 is 1.45. The van der Waals surface area contributed by atoms with Crippen molar-refractivity contribution < 1.29 is 13.9 Å². The summed E-state index contributed by atoms with van der Waals surface area (Å²) in [4.78, 5) is 20.5. The van der Waals surface area contributed by atoms with Crippen LogP contribution in [0.5, 0.6) is 5.75 Å². The Morgan fingerprint density at radius 2 is 1.54 bits per heavy atom. The predicted molar refractivity (Wildman–Crippen MR) is 182 cm³/mol. The Morgan fingerprint density at radius 1 is 0.848 bits per heavy atom. The van der Waals surface area contributed by atoms with Crippen LogP contribution >= 0.6 is 11.8 Å². The quantitative estimate of drug-likeness (QED) is 0.162. The van der Waals surface area contributed by atoms with E-state index in [4.69, 9.17) is 9.84 Å². The number of rotatable bonds is 8. The molecular formula is C38H33FN4O2S. The lowest BCUT2D eigenvalue weighted by atomic mass is 9.90. The Hall–Kier alpha value is -4.95. The Kier molecular flexibility index (Phi) is 8.78. The van der Waals surface area contributed by atoms with Crippen molar-refractivity contribution in [3.8, 4) is 22.7 Å². The molecule has 3 heterocycles. The standard InChI is InChI=1S/C38H33FN4O2S/c39-32-15-11-29(12-16-32)26-45-34-17-13-30(14-18-34)36-31(25-43(41-36)33-9-5-2-6-10-33)24-35-37(44)40-38(46-35)42-21-19-28(20-22-42)23-27-7-3-1-4-8-27/h1-18,24-25,28H,19-23,26H2/b35-24-. The van der Waals surface area contributed by atoms with Crippen LogP contribution in [0, 0.1) is 11.7 Å². The number of piperidine rings is 1. The number of likely N-dealkylation sites (tertiary alicyclic amines) is 1. The van der Waals surface area contributed by atoms with E-state index in [1.807, 2.05) is 71.6 Å². The molecule has 8 heteroatoms. The lowest BCUT2D eigenvalue weighted by Gasteiger charge is -2.32. The van der Waals surface area contributed by atoms with Gasteiger partial charge in [-0.25, -0.2) is 9.07 Å². The summed E-state index contributed by atoms with van der Waals surface area (Å²) in [5, 5.41) is 5.71. The number of amides is 1. The van der Waals surface area contributed by atoms with Crippen molar-refractivity contribution in [2.45, 2.75) is 25.9 Å². The molecule has 0 aliphatic carbocycles. The zero-order valence-corrected chi connectivity index (χ0v) is 26.1. The number of amidine groups is 1. The third-order valence-corrected chi connectivity index (χ3v) is 9.40. The van der Waals surface area contributed by atoms with Crippen molar-refractivity contribution in [3.63, 3.8) is 0 Å². The van der Waals surface area contributed by atoms with E-state index < -0.39 is 0 Å². The highest BCUT2D eigenvalue weighted by atomic mass is 32.2. The molecule has 0 bridgehead atoms. The highest BCUT2D eigenvalue weighted by Gasteiger charge is 2.29. The zero-order valence-electron chi connectivity index (χ0n) is 25.3. The number of aliphatic imine (C=N–C) groups is 1. The summed E-state index contributed by atoms with van der Waals surface area (Å²) in [6, 6.07) is 34.6. The van der Waals surface area contributed by atoms with Crippen LogP contribution in [0.1, 0.15) is 29.5 Å². The second-order valence-corrected chi connectivity index (χ2v) is 12.6. The van der Waals surface area contributed by atoms with Crippen LogP contribution in [0.3, 0.4) is 0 Å². The number of aromatic nitrogens is 2. The van der Waals surface area contributed by atoms with E-state index in [1.165, 1.54) is 29.5 Å². The Balaban J connectivity index is 1.07. The number of ether oxygens (including phenoxy) is 1. The van der Waals surface area contributed by atoms with Gasteiger partial charge in [0.05, 0.1) is 16.3 Å². The topological polar surface area (TPSA) is 59.7 Å². The molecule has 1 aromatic heterocycles. The van der Waals surface area contributed by atoms with Crippen molar-refractivity contribution in [2.75, 3.05) is 13.1 Å². The molecule has 46 heavy (non-hydrogen) atoms. The molecule has 2 aliphatic heterocycles. The molecule has 0 N–H and O–H groups in total. The molecule has 6 nitrogen and oxygen atoms in total. The molecule has 0 spiro atoms. The molecule has 1 amide bonds. The molecular weight excluding hydrogens is 596 g/mol. The first kappa shape index (κ1) is 29.7. The smallest absolute Gasteiger partial charge is 0.286 e. The van der Waals surface area contributed by atoms with Crippen molar-refractivity contribution in [3.05, 3.63) is 143 Å². The predicted octanol–water partition coefficient (Wildman–Crippen LogP) is 8.18. The molecule has 4 aromatic carbocycles. The number of halogens is 1. The lowest BCUT2D eigenvalue weighted by molar-refractivity contribution is -0.113. The Labute approximate surface area is 272 Å². The first-order chi connectivity index (χ1) is 22.6. The van der Waals surface area contributed by atoms with Crippen LogP contribution in [-0.2, 0) is 17.8 Å². The summed E-state index contributed by atoms with van der Waals surface area (Å²) in [7, 11) is 0. The molecule has 7 rings (SSSR count). The third kappa shape index (κ3) is 6.97. The molecule has 1 saturated heterocycles. The highest BCUT2D eigenvalue weighted by Crippen LogP contribution is 2.35. The maximum absolute atomic E-state index is 13.2. The molecule has 2 aliphatic rings. The SMILES string of the molecule is O=C1N=C(N2CCC(Cc3ccccc3)CC2)S/C1=C\c1cn(-c2ccccc2)nc1-c1ccc(OCc2ccc(F)cc2)cc1. The minimum atomic E-state index is -0.270. The van der Waals surface area contributed by atoms with Gasteiger partial charge < -0.3 is 9.64 Å². The molecule has 0 atom stereocenters. The average molecular weight is 629 g/mol. The van der Waals surface area contributed by atoms with Crippen LogP contribution < -0.4 is 4.74 Å². The Bertz CT molecular complexity index is 1860. The van der Waals surface area contributed by atoms with Gasteiger partial charge in [-0.1, -0.05) is 60.7 Å². The second kappa shape index (κ2) is 13.6. The fourth-order valence-corrected chi connectivity index (χ4v) is 6.79. The van der Waals surface area contributed by atoms with E-state index in [9.17, 15) is 9.18 Å². The minimum absolute atomic E-state index is 0.214. The normalized spacial score (nSPS) is 16.2. The summed E-state index contributed by atoms with van der Waals surface area (Å²) in [6.45, 7) is 2.14. The van der Waals surface area contributed by atoms with E-state index in [0.29, 0.717) is 23.2 Å². The number of carbonyl (C=O) groups is 1. The summed E-state index contributed by atoms with van der Waals surface area (Å²) in [6.07, 6.45) is 7.12. The molecule has 0 unspecified atom stereocenters. The van der Waals surface area contributed by atoms with Gasteiger partial charge in [0.25, 0.3) is 5.91 Å². The third-order valence-electron chi connectivity index (χ3n) is 8.36. The maximum Gasteiger partial charge on any atom is 0.286 e. The number of para-hydroxylation sites is 1. The number of hydrogen-bond acceptors (Lipinski definition) is 5. The number of thioether (sulfide) groups is 1. The maximum atomic E-state index is 13.2. The van der Waals surface area contributed by atoms with Crippen LogP contribution in [0.2, 0.25) is 0 Å². The van der Waals surface area contributed by atoms with Crippen LogP contribution in [0.15, 0.2) is 125 Å². The van der Waals surface area contributed by atoms with Crippen molar-refractivity contribution in [1.29, 1.82) is 0 Å². The number of hydrogen-bond donors (Lipinski definition) is 0. The van der Waals surface area contributed by atoms with E-state index in [2.05, 4.69) is 40.2 Å². The number of nitrogens with zero attached hydrogens (tertiary/aromatic N) is 4. The minimum Gasteiger partial charge on any atom is -0.489 e.